The van der Waals surface area contributed by atoms with Gasteiger partial charge in [-0.3, -0.25) is 9.59 Å². The molecule has 1 aliphatic rings. The number of amides is 2. The van der Waals surface area contributed by atoms with E-state index in [1.165, 1.54) is 11.3 Å². The monoisotopic (exact) mass is 324 g/mol. The smallest absolute Gasteiger partial charge is 0.252 e. The summed E-state index contributed by atoms with van der Waals surface area (Å²) in [4.78, 5) is 23.4. The van der Waals surface area contributed by atoms with E-state index in [0.717, 1.165) is 25.7 Å². The van der Waals surface area contributed by atoms with Gasteiger partial charge in [0.1, 0.15) is 0 Å². The van der Waals surface area contributed by atoms with Crippen LogP contribution >= 0.6 is 11.3 Å². The van der Waals surface area contributed by atoms with Crippen LogP contribution in [0, 0.1) is 5.92 Å². The maximum absolute atomic E-state index is 11.8. The maximum Gasteiger partial charge on any atom is 0.252 e. The van der Waals surface area contributed by atoms with Gasteiger partial charge in [0.2, 0.25) is 5.91 Å². The molecule has 0 bridgehead atoms. The van der Waals surface area contributed by atoms with Crippen LogP contribution in [0.15, 0.2) is 16.8 Å². The third-order valence-corrected chi connectivity index (χ3v) is 4.68. The normalized spacial score (nSPS) is 21.3. The van der Waals surface area contributed by atoms with Crippen molar-refractivity contribution in [3.05, 3.63) is 22.4 Å². The number of hydrogen-bond donors (Lipinski definition) is 3. The molecule has 22 heavy (non-hydrogen) atoms. The van der Waals surface area contributed by atoms with Crippen LogP contribution in [-0.2, 0) is 4.79 Å². The van der Waals surface area contributed by atoms with Crippen molar-refractivity contribution in [3.8, 4) is 0 Å². The third kappa shape index (κ3) is 5.77. The lowest BCUT2D eigenvalue weighted by Gasteiger charge is -2.25. The Kier molecular flexibility index (Phi) is 6.86. The van der Waals surface area contributed by atoms with Crippen molar-refractivity contribution in [2.24, 2.45) is 5.92 Å². The van der Waals surface area contributed by atoms with Crippen molar-refractivity contribution in [2.75, 3.05) is 13.1 Å². The first-order valence-electron chi connectivity index (χ1n) is 7.90. The van der Waals surface area contributed by atoms with E-state index in [1.54, 1.807) is 11.4 Å². The van der Waals surface area contributed by atoms with E-state index >= 15 is 0 Å². The van der Waals surface area contributed by atoms with Crippen LogP contribution in [0.3, 0.4) is 0 Å². The van der Waals surface area contributed by atoms with Crippen molar-refractivity contribution in [2.45, 2.75) is 44.6 Å². The van der Waals surface area contributed by atoms with E-state index in [2.05, 4.69) is 10.6 Å². The second kappa shape index (κ2) is 8.90. The van der Waals surface area contributed by atoms with Crippen LogP contribution in [0.25, 0.3) is 0 Å². The fourth-order valence-electron chi connectivity index (χ4n) is 2.74. The lowest BCUT2D eigenvalue weighted by atomic mass is 9.87. The molecule has 1 saturated carbocycles. The Hall–Kier alpha value is -1.40. The molecule has 0 saturated heterocycles. The molecule has 2 amide bonds. The van der Waals surface area contributed by atoms with Gasteiger partial charge in [-0.15, -0.1) is 0 Å². The second-order valence-electron chi connectivity index (χ2n) is 5.86. The molecular weight excluding hydrogens is 300 g/mol. The number of carbonyl (C=O) groups is 2. The molecule has 1 fully saturated rings. The van der Waals surface area contributed by atoms with Gasteiger partial charge in [-0.05, 0) is 43.0 Å². The van der Waals surface area contributed by atoms with Gasteiger partial charge in [-0.25, -0.2) is 0 Å². The summed E-state index contributed by atoms with van der Waals surface area (Å²) in [5.74, 6) is 0.327. The molecule has 2 atom stereocenters. The Morgan fingerprint density at radius 2 is 2.18 bits per heavy atom. The SMILES string of the molecule is O=C(CCCNC(=O)c1ccsc1)NCC1CCCC(O)C1. The summed E-state index contributed by atoms with van der Waals surface area (Å²) in [6.45, 7) is 1.15. The molecule has 1 aliphatic carbocycles. The number of thiophene rings is 1. The first kappa shape index (κ1) is 17.0. The zero-order valence-electron chi connectivity index (χ0n) is 12.7. The summed E-state index contributed by atoms with van der Waals surface area (Å²) in [5, 5.41) is 19.0. The highest BCUT2D eigenvalue weighted by Gasteiger charge is 2.20. The number of hydrogen-bond acceptors (Lipinski definition) is 4. The van der Waals surface area contributed by atoms with E-state index in [4.69, 9.17) is 0 Å². The Balaban J connectivity index is 1.53. The van der Waals surface area contributed by atoms with E-state index in [1.807, 2.05) is 5.38 Å². The Bertz CT molecular complexity index is 476. The van der Waals surface area contributed by atoms with E-state index < -0.39 is 0 Å². The predicted molar refractivity (Wildman–Crippen MR) is 86.9 cm³/mol. The van der Waals surface area contributed by atoms with Gasteiger partial charge in [0.05, 0.1) is 6.10 Å². The largest absolute Gasteiger partial charge is 0.393 e. The zero-order chi connectivity index (χ0) is 15.8. The van der Waals surface area contributed by atoms with Gasteiger partial charge >= 0.3 is 0 Å². The molecule has 0 aromatic carbocycles. The Labute approximate surface area is 135 Å². The standard InChI is InChI=1S/C16H24N2O3S/c19-14-4-1-3-12(9-14)10-18-15(20)5-2-7-17-16(21)13-6-8-22-11-13/h6,8,11-12,14,19H,1-5,7,9-10H2,(H,17,21)(H,18,20). The second-order valence-corrected chi connectivity index (χ2v) is 6.64. The molecule has 0 aliphatic heterocycles. The first-order chi connectivity index (χ1) is 10.6. The van der Waals surface area contributed by atoms with Gasteiger partial charge < -0.3 is 15.7 Å². The number of aliphatic hydroxyl groups excluding tert-OH is 1. The fraction of sp³-hybridized carbons (Fsp3) is 0.625. The Morgan fingerprint density at radius 1 is 1.32 bits per heavy atom. The molecule has 2 unspecified atom stereocenters. The molecule has 3 N–H and O–H groups in total. The predicted octanol–water partition coefficient (Wildman–Crippen LogP) is 1.93. The van der Waals surface area contributed by atoms with Gasteiger partial charge in [0, 0.05) is 30.5 Å². The molecule has 122 valence electrons. The highest BCUT2D eigenvalue weighted by Crippen LogP contribution is 2.23. The first-order valence-corrected chi connectivity index (χ1v) is 8.84. The number of nitrogens with one attached hydrogen (secondary N) is 2. The van der Waals surface area contributed by atoms with Crippen molar-refractivity contribution in [3.63, 3.8) is 0 Å². The molecule has 6 heteroatoms. The quantitative estimate of drug-likeness (QED) is 0.671. The summed E-state index contributed by atoms with van der Waals surface area (Å²) in [6, 6.07) is 1.78. The molecule has 5 nitrogen and oxygen atoms in total. The highest BCUT2D eigenvalue weighted by atomic mass is 32.1. The average molecular weight is 324 g/mol. The summed E-state index contributed by atoms with van der Waals surface area (Å²) in [6.07, 6.45) is 4.63. The molecule has 0 spiro atoms. The lowest BCUT2D eigenvalue weighted by Crippen LogP contribution is -2.33. The minimum atomic E-state index is -0.206. The molecule has 1 aromatic heterocycles. The minimum absolute atomic E-state index is 0.0184. The average Bonchev–Trinajstić information content (AvgIpc) is 3.04. The van der Waals surface area contributed by atoms with E-state index in [9.17, 15) is 14.7 Å². The fourth-order valence-corrected chi connectivity index (χ4v) is 3.38. The lowest BCUT2D eigenvalue weighted by molar-refractivity contribution is -0.121. The summed E-state index contributed by atoms with van der Waals surface area (Å²) in [7, 11) is 0. The number of rotatable bonds is 7. The molecule has 0 radical (unpaired) electrons. The van der Waals surface area contributed by atoms with Crippen LogP contribution in [0.1, 0.15) is 48.9 Å². The topological polar surface area (TPSA) is 78.4 Å². The van der Waals surface area contributed by atoms with Gasteiger partial charge in [-0.1, -0.05) is 6.42 Å². The molecule has 1 aromatic rings. The van der Waals surface area contributed by atoms with E-state index in [-0.39, 0.29) is 17.9 Å². The van der Waals surface area contributed by atoms with Crippen LogP contribution in [0.4, 0.5) is 0 Å². The molecule has 1 heterocycles. The van der Waals surface area contributed by atoms with Crippen molar-refractivity contribution >= 4 is 23.2 Å². The zero-order valence-corrected chi connectivity index (χ0v) is 13.5. The summed E-state index contributed by atoms with van der Waals surface area (Å²) >= 11 is 1.49. The summed E-state index contributed by atoms with van der Waals surface area (Å²) < 4.78 is 0. The third-order valence-electron chi connectivity index (χ3n) is 3.99. The maximum atomic E-state index is 11.8. The van der Waals surface area contributed by atoms with Crippen LogP contribution in [0.5, 0.6) is 0 Å². The summed E-state index contributed by atoms with van der Waals surface area (Å²) in [5.41, 5.74) is 0.672. The number of aliphatic hydroxyl groups is 1. The van der Waals surface area contributed by atoms with E-state index in [0.29, 0.717) is 37.4 Å². The van der Waals surface area contributed by atoms with Crippen molar-refractivity contribution < 1.29 is 14.7 Å². The van der Waals surface area contributed by atoms with Crippen LogP contribution in [-0.4, -0.2) is 36.1 Å². The van der Waals surface area contributed by atoms with Gasteiger partial charge in [0.25, 0.3) is 5.91 Å². The van der Waals surface area contributed by atoms with Crippen molar-refractivity contribution in [1.82, 2.24) is 10.6 Å². The number of carbonyl (C=O) groups excluding carboxylic acids is 2. The Morgan fingerprint density at radius 3 is 2.91 bits per heavy atom. The van der Waals surface area contributed by atoms with Crippen LogP contribution < -0.4 is 10.6 Å². The van der Waals surface area contributed by atoms with Gasteiger partial charge in [0.15, 0.2) is 0 Å². The minimum Gasteiger partial charge on any atom is -0.393 e. The highest BCUT2D eigenvalue weighted by molar-refractivity contribution is 7.08. The molecular formula is C16H24N2O3S. The van der Waals surface area contributed by atoms with Gasteiger partial charge in [-0.2, -0.15) is 11.3 Å². The van der Waals surface area contributed by atoms with Crippen molar-refractivity contribution in [1.29, 1.82) is 0 Å². The molecule has 2 rings (SSSR count). The van der Waals surface area contributed by atoms with Crippen LogP contribution in [0.2, 0.25) is 0 Å².